The Kier molecular flexibility index (Phi) is 5.96. The summed E-state index contributed by atoms with van der Waals surface area (Å²) in [5, 5.41) is 8.75. The summed E-state index contributed by atoms with van der Waals surface area (Å²) in [6.45, 7) is 2.33. The van der Waals surface area contributed by atoms with Crippen molar-refractivity contribution in [3.05, 3.63) is 29.8 Å². The molecule has 0 amide bonds. The Hall–Kier alpha value is -1.42. The van der Waals surface area contributed by atoms with Crippen molar-refractivity contribution in [2.45, 2.75) is 17.9 Å². The molecule has 0 aromatic heterocycles. The van der Waals surface area contributed by atoms with Gasteiger partial charge in [0.25, 0.3) is 0 Å². The van der Waals surface area contributed by atoms with E-state index in [9.17, 15) is 8.42 Å². The van der Waals surface area contributed by atoms with Crippen LogP contribution in [0.5, 0.6) is 0 Å². The van der Waals surface area contributed by atoms with Crippen molar-refractivity contribution in [2.75, 3.05) is 26.1 Å². The molecule has 0 aliphatic rings. The van der Waals surface area contributed by atoms with E-state index in [2.05, 4.69) is 0 Å². The Bertz CT molecular complexity index is 548. The minimum absolute atomic E-state index is 0.101. The molecule has 0 fully saturated rings. The largest absolute Gasteiger partial charge is 0.382 e. The summed E-state index contributed by atoms with van der Waals surface area (Å²) in [7, 11) is -1.86. The van der Waals surface area contributed by atoms with E-state index in [1.165, 1.54) is 12.1 Å². The first-order valence-electron chi connectivity index (χ1n) is 5.83. The van der Waals surface area contributed by atoms with Crippen LogP contribution in [0, 0.1) is 11.3 Å². The average molecular weight is 283 g/mol. The van der Waals surface area contributed by atoms with Gasteiger partial charge in [0.2, 0.25) is 0 Å². The second-order valence-corrected chi connectivity index (χ2v) is 6.20. The van der Waals surface area contributed by atoms with Crippen LogP contribution in [-0.2, 0) is 19.3 Å². The van der Waals surface area contributed by atoms with E-state index >= 15 is 0 Å². The van der Waals surface area contributed by atoms with Crippen molar-refractivity contribution in [1.29, 1.82) is 5.26 Å². The number of sulfone groups is 1. The first-order chi connectivity index (χ1) is 8.99. The number of ether oxygens (including phenoxy) is 2. The molecule has 1 aromatic carbocycles. The van der Waals surface area contributed by atoms with Gasteiger partial charge in [0.05, 0.1) is 41.6 Å². The molecule has 0 saturated heterocycles. The monoisotopic (exact) mass is 283 g/mol. The molecule has 1 rings (SSSR count). The number of hydrogen-bond donors (Lipinski definition) is 0. The molecule has 6 heteroatoms. The number of benzene rings is 1. The Morgan fingerprint density at radius 1 is 1.42 bits per heavy atom. The lowest BCUT2D eigenvalue weighted by molar-refractivity contribution is 0.0163. The lowest BCUT2D eigenvalue weighted by Gasteiger charge is -2.12. The summed E-state index contributed by atoms with van der Waals surface area (Å²) in [5.74, 6) is -0.115. The van der Waals surface area contributed by atoms with Crippen LogP contribution in [-0.4, -0.2) is 40.6 Å². The first-order valence-corrected chi connectivity index (χ1v) is 7.48. The smallest absolute Gasteiger partial charge is 0.180 e. The fraction of sp³-hybridized carbons (Fsp3) is 0.462. The minimum atomic E-state index is -3.42. The van der Waals surface area contributed by atoms with Crippen LogP contribution < -0.4 is 0 Å². The molecule has 0 aliphatic heterocycles. The zero-order valence-corrected chi connectivity index (χ0v) is 11.8. The fourth-order valence-corrected chi connectivity index (χ4v) is 2.66. The van der Waals surface area contributed by atoms with Gasteiger partial charge in [-0.25, -0.2) is 8.42 Å². The second-order valence-electron chi connectivity index (χ2n) is 4.10. The van der Waals surface area contributed by atoms with E-state index in [0.717, 1.165) is 0 Å². The Balaban J connectivity index is 2.63. The number of hydrogen-bond acceptors (Lipinski definition) is 5. The number of nitrogens with zero attached hydrogens (tertiary/aromatic N) is 1. The molecule has 0 aliphatic carbocycles. The summed E-state index contributed by atoms with van der Waals surface area (Å²) in [5.41, 5.74) is 0.328. The molecule has 0 heterocycles. The van der Waals surface area contributed by atoms with E-state index in [1.807, 2.05) is 13.0 Å². The summed E-state index contributed by atoms with van der Waals surface area (Å²) in [6, 6.07) is 7.89. The van der Waals surface area contributed by atoms with Crippen molar-refractivity contribution in [1.82, 2.24) is 0 Å². The molecule has 0 bridgehead atoms. The van der Waals surface area contributed by atoms with Crippen LogP contribution >= 0.6 is 0 Å². The van der Waals surface area contributed by atoms with Gasteiger partial charge >= 0.3 is 0 Å². The maximum Gasteiger partial charge on any atom is 0.180 e. The van der Waals surface area contributed by atoms with E-state index in [1.54, 1.807) is 19.2 Å². The van der Waals surface area contributed by atoms with E-state index < -0.39 is 9.84 Å². The van der Waals surface area contributed by atoms with Crippen LogP contribution in [0.3, 0.4) is 0 Å². The normalized spacial score (nSPS) is 12.9. The molecule has 0 saturated carbocycles. The van der Waals surface area contributed by atoms with Crippen LogP contribution in [0.4, 0.5) is 0 Å². The topological polar surface area (TPSA) is 76.4 Å². The van der Waals surface area contributed by atoms with E-state index in [4.69, 9.17) is 14.7 Å². The Morgan fingerprint density at radius 2 is 2.16 bits per heavy atom. The van der Waals surface area contributed by atoms with Gasteiger partial charge in [0.15, 0.2) is 9.84 Å². The molecule has 0 radical (unpaired) electrons. The molecule has 1 atom stereocenters. The molecule has 0 N–H and O–H groups in total. The van der Waals surface area contributed by atoms with Gasteiger partial charge in [-0.05, 0) is 25.1 Å². The lowest BCUT2D eigenvalue weighted by atomic mass is 10.2. The van der Waals surface area contributed by atoms with Gasteiger partial charge in [-0.1, -0.05) is 6.07 Å². The number of methoxy groups -OCH3 is 1. The summed E-state index contributed by atoms with van der Waals surface area (Å²) < 4.78 is 34.3. The summed E-state index contributed by atoms with van der Waals surface area (Å²) in [4.78, 5) is 0.148. The SMILES string of the molecule is COCC(C)OCCS(=O)(=O)c1cccc(C#N)c1. The molecule has 5 nitrogen and oxygen atoms in total. The first kappa shape index (κ1) is 15.6. The predicted molar refractivity (Wildman–Crippen MR) is 70.5 cm³/mol. The van der Waals surface area contributed by atoms with Gasteiger partial charge in [0, 0.05) is 7.11 Å². The Morgan fingerprint density at radius 3 is 2.79 bits per heavy atom. The zero-order valence-electron chi connectivity index (χ0n) is 11.0. The van der Waals surface area contributed by atoms with Crippen molar-refractivity contribution in [3.8, 4) is 6.07 Å². The molecular weight excluding hydrogens is 266 g/mol. The van der Waals surface area contributed by atoms with Gasteiger partial charge in [-0.3, -0.25) is 0 Å². The van der Waals surface area contributed by atoms with Crippen molar-refractivity contribution < 1.29 is 17.9 Å². The van der Waals surface area contributed by atoms with Gasteiger partial charge in [-0.2, -0.15) is 5.26 Å². The van der Waals surface area contributed by atoms with Crippen LogP contribution in [0.25, 0.3) is 0 Å². The van der Waals surface area contributed by atoms with E-state index in [0.29, 0.717) is 12.2 Å². The standard InChI is InChI=1S/C13H17NO4S/c1-11(10-17-2)18-6-7-19(15,16)13-5-3-4-12(8-13)9-14/h3-5,8,11H,6-7,10H2,1-2H3. The molecule has 19 heavy (non-hydrogen) atoms. The second kappa shape index (κ2) is 7.24. The predicted octanol–water partition coefficient (Wildman–Crippen LogP) is 1.38. The highest BCUT2D eigenvalue weighted by Crippen LogP contribution is 2.13. The third-order valence-corrected chi connectivity index (χ3v) is 4.15. The third-order valence-electron chi connectivity index (χ3n) is 2.48. The summed E-state index contributed by atoms with van der Waals surface area (Å²) in [6.07, 6.45) is -0.148. The van der Waals surface area contributed by atoms with Crippen LogP contribution in [0.15, 0.2) is 29.2 Å². The maximum atomic E-state index is 12.0. The average Bonchev–Trinajstić information content (AvgIpc) is 2.39. The molecule has 0 spiro atoms. The van der Waals surface area contributed by atoms with Gasteiger partial charge in [-0.15, -0.1) is 0 Å². The highest BCUT2D eigenvalue weighted by Gasteiger charge is 2.15. The molecule has 1 aromatic rings. The van der Waals surface area contributed by atoms with Crippen LogP contribution in [0.1, 0.15) is 12.5 Å². The molecular formula is C13H17NO4S. The van der Waals surface area contributed by atoms with Gasteiger partial charge in [0.1, 0.15) is 0 Å². The zero-order chi connectivity index (χ0) is 14.3. The maximum absolute atomic E-state index is 12.0. The van der Waals surface area contributed by atoms with Crippen molar-refractivity contribution >= 4 is 9.84 Å². The lowest BCUT2D eigenvalue weighted by Crippen LogP contribution is -2.20. The summed E-state index contributed by atoms with van der Waals surface area (Å²) >= 11 is 0. The van der Waals surface area contributed by atoms with Crippen molar-refractivity contribution in [3.63, 3.8) is 0 Å². The number of rotatable bonds is 7. The number of nitriles is 1. The highest BCUT2D eigenvalue weighted by atomic mass is 32.2. The fourth-order valence-electron chi connectivity index (χ4n) is 1.52. The van der Waals surface area contributed by atoms with Crippen molar-refractivity contribution in [2.24, 2.45) is 0 Å². The minimum Gasteiger partial charge on any atom is -0.382 e. The van der Waals surface area contributed by atoms with Gasteiger partial charge < -0.3 is 9.47 Å². The van der Waals surface area contributed by atoms with E-state index in [-0.39, 0.29) is 23.4 Å². The highest BCUT2D eigenvalue weighted by molar-refractivity contribution is 7.91. The molecule has 104 valence electrons. The Labute approximate surface area is 113 Å². The third kappa shape index (κ3) is 4.99. The molecule has 1 unspecified atom stereocenters. The quantitative estimate of drug-likeness (QED) is 0.755. The van der Waals surface area contributed by atoms with Crippen LogP contribution in [0.2, 0.25) is 0 Å².